The van der Waals surface area contributed by atoms with Crippen molar-refractivity contribution in [1.29, 1.82) is 5.26 Å². The zero-order chi connectivity index (χ0) is 31.0. The Morgan fingerprint density at radius 3 is 2.70 bits per heavy atom. The highest BCUT2D eigenvalue weighted by Gasteiger charge is 2.53. The van der Waals surface area contributed by atoms with Gasteiger partial charge in [-0.1, -0.05) is 6.07 Å². The molecular weight excluding hydrogens is 611 g/mol. The average Bonchev–Trinajstić information content (AvgIpc) is 3.67. The van der Waals surface area contributed by atoms with Crippen LogP contribution in [0.5, 0.6) is 6.01 Å². The minimum absolute atomic E-state index is 0.0471. The Morgan fingerprint density at radius 1 is 1.23 bits per heavy atom. The fraction of sp³-hybridized carbons (Fsp3) is 0.536. The van der Waals surface area contributed by atoms with Crippen molar-refractivity contribution in [2.24, 2.45) is 0 Å². The molecule has 0 aromatic carbocycles. The molecule has 1 unspecified atom stereocenters. The number of halogens is 2. The molecule has 16 heteroatoms. The Bertz CT molecular complexity index is 1550. The first kappa shape index (κ1) is 30.5. The summed E-state index contributed by atoms with van der Waals surface area (Å²) in [6.07, 6.45) is 0.728. The van der Waals surface area contributed by atoms with E-state index in [1.54, 1.807) is 44.1 Å². The molecule has 0 radical (unpaired) electrons. The van der Waals surface area contributed by atoms with Gasteiger partial charge in [-0.15, -0.1) is 23.1 Å². The van der Waals surface area contributed by atoms with Crippen LogP contribution < -0.4 is 31.3 Å². The predicted molar refractivity (Wildman–Crippen MR) is 166 cm³/mol. The maximum absolute atomic E-state index is 14.0. The normalized spacial score (nSPS) is 20.9. The molecule has 2 fully saturated rings. The number of hydrogen-bond donors (Lipinski definition) is 3. The van der Waals surface area contributed by atoms with Crippen molar-refractivity contribution in [3.63, 3.8) is 0 Å². The van der Waals surface area contributed by atoms with Crippen molar-refractivity contribution in [2.75, 3.05) is 61.2 Å². The van der Waals surface area contributed by atoms with Gasteiger partial charge >= 0.3 is 6.01 Å². The maximum Gasteiger partial charge on any atom is 0.323 e. The lowest BCUT2D eigenvalue weighted by Gasteiger charge is -2.47. The number of nitrogens with one attached hydrogen (secondary N) is 1. The van der Waals surface area contributed by atoms with Gasteiger partial charge in [0.15, 0.2) is 0 Å². The summed E-state index contributed by atoms with van der Waals surface area (Å²) in [5.74, 6) is 1.39. The molecule has 6 heterocycles. The molecule has 3 aliphatic rings. The molecule has 2 saturated heterocycles. The van der Waals surface area contributed by atoms with E-state index < -0.39 is 19.0 Å². The molecule has 3 aromatic heterocycles. The Balaban J connectivity index is 1.30. The van der Waals surface area contributed by atoms with Gasteiger partial charge in [0.05, 0.1) is 29.5 Å². The Kier molecular flexibility index (Phi) is 8.64. The summed E-state index contributed by atoms with van der Waals surface area (Å²) in [7, 11) is 1.67. The molecule has 12 nitrogen and oxygen atoms in total. The van der Waals surface area contributed by atoms with Crippen LogP contribution in [0.1, 0.15) is 47.4 Å². The Morgan fingerprint density at radius 2 is 2.00 bits per heavy atom. The SMILES string of the molecule is COC[C@@H]1CC[C@@H](COc2nc(N3CC4(C3)SCc3sc(N)c(C#N)c34)nc(N(CC(F)F)C(C)c3cccnc3N)n2)N1. The molecule has 44 heavy (non-hydrogen) atoms. The van der Waals surface area contributed by atoms with Gasteiger partial charge in [-0.05, 0) is 25.8 Å². The van der Waals surface area contributed by atoms with Crippen molar-refractivity contribution in [1.82, 2.24) is 25.3 Å². The maximum atomic E-state index is 14.0. The second-order valence-corrected chi connectivity index (χ2v) is 13.7. The van der Waals surface area contributed by atoms with E-state index in [-0.39, 0.29) is 34.6 Å². The first-order valence-corrected chi connectivity index (χ1v) is 16.1. The molecule has 0 aliphatic carbocycles. The second kappa shape index (κ2) is 12.5. The molecule has 3 aliphatic heterocycles. The minimum atomic E-state index is -2.67. The van der Waals surface area contributed by atoms with Gasteiger partial charge in [0.1, 0.15) is 23.5 Å². The van der Waals surface area contributed by atoms with Crippen LogP contribution in [-0.2, 0) is 15.2 Å². The van der Waals surface area contributed by atoms with Crippen molar-refractivity contribution in [2.45, 2.75) is 54.8 Å². The number of ether oxygens (including phenoxy) is 2. The highest BCUT2D eigenvalue weighted by atomic mass is 32.2. The number of alkyl halides is 2. The van der Waals surface area contributed by atoms with E-state index in [4.69, 9.17) is 20.9 Å². The van der Waals surface area contributed by atoms with Crippen molar-refractivity contribution < 1.29 is 18.3 Å². The van der Waals surface area contributed by atoms with Gasteiger partial charge in [0.25, 0.3) is 6.43 Å². The predicted octanol–water partition coefficient (Wildman–Crippen LogP) is 3.30. The third kappa shape index (κ3) is 5.81. The Hall–Kier alpha value is -3.52. The number of thiophene rings is 1. The number of hydrogen-bond acceptors (Lipinski definition) is 14. The highest BCUT2D eigenvalue weighted by Crippen LogP contribution is 2.57. The topological polar surface area (TPSA) is 164 Å². The second-order valence-electron chi connectivity index (χ2n) is 11.2. The molecule has 0 bridgehead atoms. The lowest BCUT2D eigenvalue weighted by molar-refractivity contribution is 0.151. The van der Waals surface area contributed by atoms with Crippen LogP contribution in [-0.4, -0.2) is 78.4 Å². The zero-order valence-corrected chi connectivity index (χ0v) is 26.0. The summed E-state index contributed by atoms with van der Waals surface area (Å²) >= 11 is 3.24. The zero-order valence-electron chi connectivity index (χ0n) is 24.4. The summed E-state index contributed by atoms with van der Waals surface area (Å²) in [6.45, 7) is 3.09. The average molecular weight is 645 g/mol. The van der Waals surface area contributed by atoms with E-state index in [0.29, 0.717) is 48.4 Å². The highest BCUT2D eigenvalue weighted by molar-refractivity contribution is 8.00. The van der Waals surface area contributed by atoms with E-state index in [2.05, 4.69) is 31.3 Å². The van der Waals surface area contributed by atoms with E-state index in [1.165, 1.54) is 16.2 Å². The first-order valence-electron chi connectivity index (χ1n) is 14.3. The summed E-state index contributed by atoms with van der Waals surface area (Å²) < 4.78 is 39.0. The fourth-order valence-corrected chi connectivity index (χ4v) is 8.96. The molecule has 0 amide bonds. The third-order valence-electron chi connectivity index (χ3n) is 8.32. The van der Waals surface area contributed by atoms with Gasteiger partial charge in [-0.2, -0.15) is 20.2 Å². The summed E-state index contributed by atoms with van der Waals surface area (Å²) in [4.78, 5) is 22.4. The number of nitrogens with two attached hydrogens (primary N) is 2. The number of pyridine rings is 1. The van der Waals surface area contributed by atoms with Crippen LogP contribution in [0.2, 0.25) is 0 Å². The van der Waals surface area contributed by atoms with Gasteiger partial charge in [0, 0.05) is 60.2 Å². The smallest absolute Gasteiger partial charge is 0.323 e. The third-order valence-corrected chi connectivity index (χ3v) is 11.0. The van der Waals surface area contributed by atoms with Crippen molar-refractivity contribution in [3.8, 4) is 12.1 Å². The van der Waals surface area contributed by atoms with Gasteiger partial charge in [0.2, 0.25) is 11.9 Å². The van der Waals surface area contributed by atoms with E-state index >= 15 is 0 Å². The molecule has 6 rings (SSSR count). The van der Waals surface area contributed by atoms with Crippen molar-refractivity contribution >= 4 is 45.8 Å². The summed E-state index contributed by atoms with van der Waals surface area (Å²) in [6, 6.07) is 5.47. The number of methoxy groups -OCH3 is 1. The molecule has 3 atom stereocenters. The first-order chi connectivity index (χ1) is 21.2. The number of fused-ring (bicyclic) bond motifs is 2. The molecule has 0 saturated carbocycles. The standard InChI is InChI=1S/C28H34F2N10O2S2/c1-15(18-4-3-7-34-23(18)32)40(9-21(29)30)26-36-25(37-27(38-26)42-11-17-6-5-16(35-17)10-41-2)39-13-28(14-39)22-19(8-31)24(33)44-20(22)12-43-28/h3-4,7,15-17,21,35H,5-6,9-14,33H2,1-2H3,(H2,32,34)/t15?,16-,17-/m0/s1. The van der Waals surface area contributed by atoms with Crippen LogP contribution >= 0.6 is 23.1 Å². The number of aromatic nitrogens is 4. The van der Waals surface area contributed by atoms with Crippen molar-refractivity contribution in [3.05, 3.63) is 39.9 Å². The van der Waals surface area contributed by atoms with Gasteiger partial charge in [-0.3, -0.25) is 0 Å². The number of anilines is 4. The number of nitriles is 1. The van der Waals surface area contributed by atoms with Crippen LogP contribution in [0.15, 0.2) is 18.3 Å². The molecular formula is C28H34F2N10O2S2. The lowest BCUT2D eigenvalue weighted by Crippen LogP contribution is -2.57. The van der Waals surface area contributed by atoms with Crippen LogP contribution in [0, 0.1) is 11.3 Å². The lowest BCUT2D eigenvalue weighted by atomic mass is 9.88. The molecule has 234 valence electrons. The van der Waals surface area contributed by atoms with E-state index in [1.807, 2.05) is 4.90 Å². The monoisotopic (exact) mass is 644 g/mol. The van der Waals surface area contributed by atoms with Gasteiger partial charge in [-0.25, -0.2) is 13.8 Å². The minimum Gasteiger partial charge on any atom is -0.462 e. The van der Waals surface area contributed by atoms with Crippen LogP contribution in [0.3, 0.4) is 0 Å². The quantitative estimate of drug-likeness (QED) is 0.279. The summed E-state index contributed by atoms with van der Waals surface area (Å²) in [5, 5.41) is 13.8. The molecule has 5 N–H and O–H groups in total. The summed E-state index contributed by atoms with van der Waals surface area (Å²) in [5.41, 5.74) is 14.4. The number of rotatable bonds is 11. The number of nitrogen functional groups attached to an aromatic ring is 2. The fourth-order valence-electron chi connectivity index (χ4n) is 6.15. The van der Waals surface area contributed by atoms with E-state index in [0.717, 1.165) is 29.0 Å². The van der Waals surface area contributed by atoms with E-state index in [9.17, 15) is 14.0 Å². The molecule has 3 aromatic rings. The van der Waals surface area contributed by atoms with Crippen LogP contribution in [0.25, 0.3) is 0 Å². The van der Waals surface area contributed by atoms with Crippen LogP contribution in [0.4, 0.5) is 31.5 Å². The number of nitrogens with zero attached hydrogens (tertiary/aromatic N) is 7. The number of thioether (sulfide) groups is 1. The largest absolute Gasteiger partial charge is 0.462 e. The Labute approximate surface area is 262 Å². The van der Waals surface area contributed by atoms with Gasteiger partial charge < -0.3 is 36.1 Å². The molecule has 1 spiro atoms.